The van der Waals surface area contributed by atoms with Crippen LogP contribution in [0.3, 0.4) is 0 Å². The van der Waals surface area contributed by atoms with Gasteiger partial charge in [0.1, 0.15) is 11.6 Å². The van der Waals surface area contributed by atoms with Gasteiger partial charge in [-0.25, -0.2) is 4.98 Å². The summed E-state index contributed by atoms with van der Waals surface area (Å²) in [7, 11) is 0. The van der Waals surface area contributed by atoms with Crippen molar-refractivity contribution in [2.24, 2.45) is 0 Å². The Kier molecular flexibility index (Phi) is 6.84. The van der Waals surface area contributed by atoms with E-state index in [0.29, 0.717) is 0 Å². The molecule has 4 heteroatoms. The number of hydrogen-bond acceptors (Lipinski definition) is 3. The third-order valence-corrected chi connectivity index (χ3v) is 7.17. The van der Waals surface area contributed by atoms with Crippen LogP contribution in [0.2, 0.25) is 0 Å². The number of carbonyl (C=O) groups is 1. The van der Waals surface area contributed by atoms with Crippen LogP contribution in [0.4, 0.5) is 0 Å². The highest BCUT2D eigenvalue weighted by molar-refractivity contribution is 5.95. The van der Waals surface area contributed by atoms with E-state index in [1.807, 2.05) is 12.1 Å². The van der Waals surface area contributed by atoms with Crippen LogP contribution in [0.25, 0.3) is 21.8 Å². The lowest BCUT2D eigenvalue weighted by Gasteiger charge is -2.23. The second-order valence-electron chi connectivity index (χ2n) is 10.5. The minimum atomic E-state index is -0.817. The van der Waals surface area contributed by atoms with Crippen LogP contribution in [-0.2, 0) is 24.2 Å². The zero-order valence-corrected chi connectivity index (χ0v) is 22.1. The highest BCUT2D eigenvalue weighted by atomic mass is 16.5. The number of nitrogens with zero attached hydrogens (tertiary/aromatic N) is 2. The molecule has 0 radical (unpaired) electrons. The predicted octanol–water partition coefficient (Wildman–Crippen LogP) is 7.47. The summed E-state index contributed by atoms with van der Waals surface area (Å²) >= 11 is 0. The minimum absolute atomic E-state index is 0.0120. The SMILES string of the molecule is CC(=O)C(C)(C)Oc1ccc(CCCc2nc3cc4ccccc4cc3n2Cc2ccc(C)cc2)cc1. The van der Waals surface area contributed by atoms with Crippen molar-refractivity contribution in [1.29, 1.82) is 0 Å². The van der Waals surface area contributed by atoms with Gasteiger partial charge in [0.25, 0.3) is 0 Å². The zero-order valence-electron chi connectivity index (χ0n) is 22.1. The topological polar surface area (TPSA) is 44.1 Å². The number of ether oxygens (including phenoxy) is 1. The van der Waals surface area contributed by atoms with Gasteiger partial charge in [0.15, 0.2) is 11.4 Å². The standard InChI is InChI=1S/C33H34N2O2/c1-23-12-14-26(15-13-23)22-35-31-21-28-10-6-5-9-27(28)20-30(31)34-32(35)11-7-8-25-16-18-29(19-17-25)37-33(3,4)24(2)36/h5-6,9-10,12-21H,7-8,11,22H2,1-4H3. The Labute approximate surface area is 218 Å². The zero-order chi connectivity index (χ0) is 26.0. The molecule has 0 aliphatic rings. The average molecular weight is 491 g/mol. The summed E-state index contributed by atoms with van der Waals surface area (Å²) in [6, 6.07) is 29.8. The lowest BCUT2D eigenvalue weighted by molar-refractivity contribution is -0.129. The van der Waals surface area contributed by atoms with Crippen molar-refractivity contribution in [2.45, 2.75) is 59.1 Å². The number of aryl methyl sites for hydroxylation is 3. The highest BCUT2D eigenvalue weighted by Crippen LogP contribution is 2.26. The highest BCUT2D eigenvalue weighted by Gasteiger charge is 2.25. The van der Waals surface area contributed by atoms with Gasteiger partial charge in [-0.15, -0.1) is 0 Å². The molecule has 0 unspecified atom stereocenters. The van der Waals surface area contributed by atoms with Crippen molar-refractivity contribution in [3.8, 4) is 5.75 Å². The number of carbonyl (C=O) groups excluding carboxylic acids is 1. The Hall–Kier alpha value is -3.92. The Morgan fingerprint density at radius 1 is 0.865 bits per heavy atom. The second-order valence-corrected chi connectivity index (χ2v) is 10.5. The number of fused-ring (bicyclic) bond motifs is 2. The third kappa shape index (κ3) is 5.59. The molecule has 0 aliphatic carbocycles. The monoisotopic (exact) mass is 490 g/mol. The molecule has 0 aliphatic heterocycles. The largest absolute Gasteiger partial charge is 0.480 e. The molecule has 0 fully saturated rings. The Morgan fingerprint density at radius 2 is 1.51 bits per heavy atom. The van der Waals surface area contributed by atoms with Gasteiger partial charge in [-0.2, -0.15) is 0 Å². The van der Waals surface area contributed by atoms with Crippen molar-refractivity contribution >= 4 is 27.6 Å². The fourth-order valence-corrected chi connectivity index (χ4v) is 4.65. The molecule has 4 nitrogen and oxygen atoms in total. The van der Waals surface area contributed by atoms with Crippen LogP contribution in [0.15, 0.2) is 84.9 Å². The Morgan fingerprint density at radius 3 is 2.19 bits per heavy atom. The summed E-state index contributed by atoms with van der Waals surface area (Å²) in [5.41, 5.74) is 5.22. The van der Waals surface area contributed by atoms with Gasteiger partial charge in [0.2, 0.25) is 0 Å². The molecule has 188 valence electrons. The van der Waals surface area contributed by atoms with Gasteiger partial charge >= 0.3 is 0 Å². The molecule has 0 saturated heterocycles. The normalized spacial score (nSPS) is 11.8. The molecule has 5 aromatic rings. The molecule has 0 N–H and O–H groups in total. The average Bonchev–Trinajstić information content (AvgIpc) is 3.20. The summed E-state index contributed by atoms with van der Waals surface area (Å²) in [5.74, 6) is 1.85. The number of imidazole rings is 1. The van der Waals surface area contributed by atoms with E-state index < -0.39 is 5.60 Å². The van der Waals surface area contributed by atoms with Crippen LogP contribution in [-0.4, -0.2) is 20.9 Å². The number of hydrogen-bond donors (Lipinski definition) is 0. The van der Waals surface area contributed by atoms with Gasteiger partial charge in [0.05, 0.1) is 11.0 Å². The first-order chi connectivity index (χ1) is 17.8. The van der Waals surface area contributed by atoms with Crippen LogP contribution < -0.4 is 4.74 Å². The maximum Gasteiger partial charge on any atom is 0.172 e. The molecule has 0 atom stereocenters. The van der Waals surface area contributed by atoms with E-state index in [9.17, 15) is 4.79 Å². The molecule has 0 amide bonds. The molecule has 5 rings (SSSR count). The summed E-state index contributed by atoms with van der Waals surface area (Å²) in [4.78, 5) is 16.9. The lowest BCUT2D eigenvalue weighted by Crippen LogP contribution is -2.36. The van der Waals surface area contributed by atoms with E-state index >= 15 is 0 Å². The van der Waals surface area contributed by atoms with E-state index in [-0.39, 0.29) is 5.78 Å². The second kappa shape index (κ2) is 10.2. The van der Waals surface area contributed by atoms with Crippen molar-refractivity contribution in [3.05, 3.63) is 107 Å². The van der Waals surface area contributed by atoms with Crippen molar-refractivity contribution in [2.75, 3.05) is 0 Å². The maximum atomic E-state index is 11.8. The van der Waals surface area contributed by atoms with Crippen LogP contribution in [0, 0.1) is 6.92 Å². The molecule has 0 bridgehead atoms. The molecule has 1 aromatic heterocycles. The minimum Gasteiger partial charge on any atom is -0.480 e. The van der Waals surface area contributed by atoms with Crippen LogP contribution >= 0.6 is 0 Å². The first-order valence-electron chi connectivity index (χ1n) is 13.0. The molecular formula is C33H34N2O2. The molecule has 0 spiro atoms. The van der Waals surface area contributed by atoms with Crippen molar-refractivity contribution < 1.29 is 9.53 Å². The molecule has 0 saturated carbocycles. The number of Topliss-reactive ketones (excluding diaryl/α,β-unsaturated/α-hetero) is 1. The van der Waals surface area contributed by atoms with Gasteiger partial charge < -0.3 is 9.30 Å². The molecule has 37 heavy (non-hydrogen) atoms. The van der Waals surface area contributed by atoms with E-state index in [2.05, 4.69) is 84.3 Å². The maximum absolute atomic E-state index is 11.8. The number of ketones is 1. The van der Waals surface area contributed by atoms with Gasteiger partial charge in [-0.05, 0) is 86.7 Å². The smallest absolute Gasteiger partial charge is 0.172 e. The van der Waals surface area contributed by atoms with Crippen LogP contribution in [0.1, 0.15) is 49.7 Å². The quantitative estimate of drug-likeness (QED) is 0.215. The van der Waals surface area contributed by atoms with Gasteiger partial charge in [-0.1, -0.05) is 66.2 Å². The van der Waals surface area contributed by atoms with Crippen molar-refractivity contribution in [1.82, 2.24) is 9.55 Å². The van der Waals surface area contributed by atoms with E-state index in [0.717, 1.165) is 42.9 Å². The predicted molar refractivity (Wildman–Crippen MR) is 151 cm³/mol. The van der Waals surface area contributed by atoms with Gasteiger partial charge in [-0.3, -0.25) is 4.79 Å². The van der Waals surface area contributed by atoms with Crippen molar-refractivity contribution in [3.63, 3.8) is 0 Å². The molecule has 4 aromatic carbocycles. The van der Waals surface area contributed by atoms with E-state index in [4.69, 9.17) is 9.72 Å². The summed E-state index contributed by atoms with van der Waals surface area (Å²) in [6.45, 7) is 8.09. The molecule has 1 heterocycles. The number of rotatable bonds is 9. The summed E-state index contributed by atoms with van der Waals surface area (Å²) < 4.78 is 8.26. The number of benzene rings is 4. The Bertz CT molecular complexity index is 1540. The first-order valence-corrected chi connectivity index (χ1v) is 13.0. The fourth-order valence-electron chi connectivity index (χ4n) is 4.65. The first kappa shape index (κ1) is 24.8. The summed E-state index contributed by atoms with van der Waals surface area (Å²) in [5, 5.41) is 2.46. The molecular weight excluding hydrogens is 456 g/mol. The van der Waals surface area contributed by atoms with E-state index in [1.165, 1.54) is 33.0 Å². The lowest BCUT2D eigenvalue weighted by atomic mass is 10.0. The summed E-state index contributed by atoms with van der Waals surface area (Å²) in [6.07, 6.45) is 2.84. The van der Waals surface area contributed by atoms with Gasteiger partial charge in [0, 0.05) is 13.0 Å². The third-order valence-electron chi connectivity index (χ3n) is 7.17. The Balaban J connectivity index is 1.36. The fraction of sp³-hybridized carbons (Fsp3) is 0.273. The van der Waals surface area contributed by atoms with Crippen LogP contribution in [0.5, 0.6) is 5.75 Å². The van der Waals surface area contributed by atoms with E-state index in [1.54, 1.807) is 20.8 Å². The number of aromatic nitrogens is 2.